The molecule has 1 aromatic heterocycles. The molecule has 3 N–H and O–H groups in total. The van der Waals surface area contributed by atoms with Crippen LogP contribution in [0.3, 0.4) is 0 Å². The lowest BCUT2D eigenvalue weighted by Crippen LogP contribution is -2.39. The van der Waals surface area contributed by atoms with Crippen LogP contribution in [-0.2, 0) is 9.59 Å². The minimum absolute atomic E-state index is 0.189. The van der Waals surface area contributed by atoms with E-state index in [0.29, 0.717) is 24.8 Å². The van der Waals surface area contributed by atoms with Crippen LogP contribution < -0.4 is 11.1 Å². The highest BCUT2D eigenvalue weighted by molar-refractivity contribution is 6.00. The largest absolute Gasteiger partial charge is 0.328 e. The number of nitrogens with two attached hydrogens (primary N) is 1. The molecule has 1 atom stereocenters. The molecule has 0 aromatic carbocycles. The van der Waals surface area contributed by atoms with Crippen LogP contribution in [-0.4, -0.2) is 22.8 Å². The van der Waals surface area contributed by atoms with E-state index >= 15 is 0 Å². The number of carbonyl (C=O) groups excluding carboxylic acids is 2. The van der Waals surface area contributed by atoms with E-state index in [1.165, 1.54) is 5.56 Å². The molecule has 2 aliphatic rings. The summed E-state index contributed by atoms with van der Waals surface area (Å²) in [6.07, 6.45) is 7.19. The minimum Gasteiger partial charge on any atom is -0.328 e. The van der Waals surface area contributed by atoms with Crippen LogP contribution >= 0.6 is 0 Å². The number of amides is 2. The van der Waals surface area contributed by atoms with E-state index < -0.39 is 0 Å². The van der Waals surface area contributed by atoms with E-state index in [9.17, 15) is 9.59 Å². The zero-order chi connectivity index (χ0) is 14.8. The summed E-state index contributed by atoms with van der Waals surface area (Å²) in [7, 11) is 0. The third-order valence-corrected chi connectivity index (χ3v) is 4.65. The summed E-state index contributed by atoms with van der Waals surface area (Å²) in [5.41, 5.74) is 7.93. The first-order valence-corrected chi connectivity index (χ1v) is 7.68. The summed E-state index contributed by atoms with van der Waals surface area (Å²) < 4.78 is 0. The molecule has 112 valence electrons. The van der Waals surface area contributed by atoms with Crippen molar-refractivity contribution in [3.05, 3.63) is 29.6 Å². The standard InChI is InChI=1S/C16H21N3O2/c17-12-4-1-10(2-5-12)11-3-7-14(18-9-11)13-6-8-15(20)19-16(13)21/h3,7,9-10,12-13H,1-2,4-6,8,17H2,(H,19,20,21). The van der Waals surface area contributed by atoms with E-state index in [4.69, 9.17) is 5.73 Å². The van der Waals surface area contributed by atoms with Gasteiger partial charge in [-0.1, -0.05) is 6.07 Å². The molecule has 1 unspecified atom stereocenters. The van der Waals surface area contributed by atoms with Gasteiger partial charge >= 0.3 is 0 Å². The van der Waals surface area contributed by atoms with Crippen LogP contribution in [0.1, 0.15) is 61.6 Å². The van der Waals surface area contributed by atoms with Crippen molar-refractivity contribution in [1.29, 1.82) is 0 Å². The number of rotatable bonds is 2. The fourth-order valence-electron chi connectivity index (χ4n) is 3.29. The first-order chi connectivity index (χ1) is 10.1. The van der Waals surface area contributed by atoms with Gasteiger partial charge < -0.3 is 5.73 Å². The fraction of sp³-hybridized carbons (Fsp3) is 0.562. The predicted molar refractivity (Wildman–Crippen MR) is 78.5 cm³/mol. The highest BCUT2D eigenvalue weighted by atomic mass is 16.2. The van der Waals surface area contributed by atoms with Crippen molar-refractivity contribution in [2.75, 3.05) is 0 Å². The Labute approximate surface area is 124 Å². The summed E-state index contributed by atoms with van der Waals surface area (Å²) >= 11 is 0. The van der Waals surface area contributed by atoms with Crippen LogP contribution in [0.25, 0.3) is 0 Å². The van der Waals surface area contributed by atoms with Gasteiger partial charge in [0.1, 0.15) is 0 Å². The van der Waals surface area contributed by atoms with E-state index in [1.54, 1.807) is 0 Å². The van der Waals surface area contributed by atoms with Crippen LogP contribution in [0, 0.1) is 0 Å². The Morgan fingerprint density at radius 2 is 1.86 bits per heavy atom. The summed E-state index contributed by atoms with van der Waals surface area (Å²) in [4.78, 5) is 27.5. The molecule has 5 heteroatoms. The van der Waals surface area contributed by atoms with Crippen molar-refractivity contribution in [3.8, 4) is 0 Å². The molecule has 0 radical (unpaired) electrons. The summed E-state index contributed by atoms with van der Waals surface area (Å²) in [6.45, 7) is 0. The summed E-state index contributed by atoms with van der Waals surface area (Å²) in [6, 6.07) is 4.36. The average Bonchev–Trinajstić information content (AvgIpc) is 2.48. The first kappa shape index (κ1) is 14.2. The Hall–Kier alpha value is -1.75. The molecule has 5 nitrogen and oxygen atoms in total. The number of piperidine rings is 1. The second-order valence-electron chi connectivity index (χ2n) is 6.13. The van der Waals surface area contributed by atoms with E-state index in [2.05, 4.69) is 16.4 Å². The van der Waals surface area contributed by atoms with Crippen LogP contribution in [0.2, 0.25) is 0 Å². The highest BCUT2D eigenvalue weighted by Gasteiger charge is 2.29. The van der Waals surface area contributed by atoms with Crippen LogP contribution in [0.5, 0.6) is 0 Å². The number of hydrogen-bond donors (Lipinski definition) is 2. The Balaban J connectivity index is 1.69. The van der Waals surface area contributed by atoms with Crippen molar-refractivity contribution in [2.45, 2.75) is 56.4 Å². The lowest BCUT2D eigenvalue weighted by atomic mass is 9.82. The molecule has 1 aliphatic heterocycles. The molecule has 0 bridgehead atoms. The monoisotopic (exact) mass is 287 g/mol. The zero-order valence-electron chi connectivity index (χ0n) is 12.0. The first-order valence-electron chi connectivity index (χ1n) is 7.68. The number of carbonyl (C=O) groups is 2. The summed E-state index contributed by atoms with van der Waals surface area (Å²) in [5.74, 6) is -0.175. The van der Waals surface area contributed by atoms with Gasteiger partial charge in [-0.2, -0.15) is 0 Å². The maximum atomic E-state index is 11.8. The third kappa shape index (κ3) is 3.13. The van der Waals surface area contributed by atoms with Crippen LogP contribution in [0.4, 0.5) is 0 Å². The molecule has 0 spiro atoms. The molecule has 21 heavy (non-hydrogen) atoms. The molecule has 2 fully saturated rings. The second kappa shape index (κ2) is 5.93. The van der Waals surface area contributed by atoms with Crippen molar-refractivity contribution >= 4 is 11.8 Å². The smallest absolute Gasteiger partial charge is 0.235 e. The van der Waals surface area contributed by atoms with Crippen molar-refractivity contribution in [2.24, 2.45) is 5.73 Å². The maximum Gasteiger partial charge on any atom is 0.235 e. The number of nitrogens with zero attached hydrogens (tertiary/aromatic N) is 1. The van der Waals surface area contributed by atoms with Gasteiger partial charge in [-0.25, -0.2) is 0 Å². The van der Waals surface area contributed by atoms with Crippen LogP contribution in [0.15, 0.2) is 18.3 Å². The van der Waals surface area contributed by atoms with E-state index in [1.807, 2.05) is 12.3 Å². The number of aromatic nitrogens is 1. The topological polar surface area (TPSA) is 85.1 Å². The van der Waals surface area contributed by atoms with Crippen molar-refractivity contribution < 1.29 is 9.59 Å². The molecular formula is C16H21N3O2. The van der Waals surface area contributed by atoms with Crippen molar-refractivity contribution in [3.63, 3.8) is 0 Å². The van der Waals surface area contributed by atoms with Gasteiger partial charge in [0.25, 0.3) is 0 Å². The SMILES string of the molecule is NC1CCC(c2ccc(C3CCC(=O)NC3=O)nc2)CC1. The Morgan fingerprint density at radius 3 is 2.48 bits per heavy atom. The van der Waals surface area contributed by atoms with Gasteiger partial charge in [-0.3, -0.25) is 19.9 Å². The Morgan fingerprint density at radius 1 is 1.10 bits per heavy atom. The van der Waals surface area contributed by atoms with Gasteiger partial charge in [0.2, 0.25) is 11.8 Å². The van der Waals surface area contributed by atoms with Gasteiger partial charge in [-0.05, 0) is 49.7 Å². The highest BCUT2D eigenvalue weighted by Crippen LogP contribution is 2.32. The number of pyridine rings is 1. The molecule has 2 amide bonds. The molecule has 1 aliphatic carbocycles. The molecule has 2 heterocycles. The summed E-state index contributed by atoms with van der Waals surface area (Å²) in [5, 5.41) is 2.38. The minimum atomic E-state index is -0.295. The normalized spacial score (nSPS) is 30.0. The maximum absolute atomic E-state index is 11.8. The molecule has 1 saturated heterocycles. The van der Waals surface area contributed by atoms with E-state index in [0.717, 1.165) is 31.4 Å². The second-order valence-corrected chi connectivity index (χ2v) is 6.13. The third-order valence-electron chi connectivity index (χ3n) is 4.65. The van der Waals surface area contributed by atoms with Gasteiger partial charge in [-0.15, -0.1) is 0 Å². The predicted octanol–water partition coefficient (Wildman–Crippen LogP) is 1.59. The van der Waals surface area contributed by atoms with Gasteiger partial charge in [0.15, 0.2) is 0 Å². The quantitative estimate of drug-likeness (QED) is 0.809. The van der Waals surface area contributed by atoms with Gasteiger partial charge in [0, 0.05) is 18.7 Å². The fourth-order valence-corrected chi connectivity index (χ4v) is 3.29. The Bertz CT molecular complexity index is 533. The number of nitrogens with one attached hydrogen (secondary N) is 1. The lowest BCUT2D eigenvalue weighted by Gasteiger charge is -2.26. The van der Waals surface area contributed by atoms with E-state index in [-0.39, 0.29) is 17.7 Å². The number of hydrogen-bond acceptors (Lipinski definition) is 4. The zero-order valence-corrected chi connectivity index (χ0v) is 12.0. The van der Waals surface area contributed by atoms with Crippen molar-refractivity contribution in [1.82, 2.24) is 10.3 Å². The lowest BCUT2D eigenvalue weighted by molar-refractivity contribution is -0.134. The molecule has 1 saturated carbocycles. The molecule has 1 aromatic rings. The number of imide groups is 1. The average molecular weight is 287 g/mol. The molecule has 3 rings (SSSR count). The van der Waals surface area contributed by atoms with Gasteiger partial charge in [0.05, 0.1) is 11.6 Å². The molecular weight excluding hydrogens is 266 g/mol. The Kier molecular flexibility index (Phi) is 4.01.